The van der Waals surface area contributed by atoms with Crippen molar-refractivity contribution in [3.8, 4) is 0 Å². The fraction of sp³-hybridized carbons (Fsp3) is 0.875. The van der Waals surface area contributed by atoms with Gasteiger partial charge in [-0.15, -0.1) is 0 Å². The highest BCUT2D eigenvalue weighted by Crippen LogP contribution is 2.25. The number of nitrogens with zero attached hydrogens (tertiary/aromatic N) is 1. The molecule has 4 heteroatoms. The number of hydrogen-bond acceptors (Lipinski definition) is 3. The lowest BCUT2D eigenvalue weighted by molar-refractivity contribution is 0.114. The SMILES string of the molecule is COC(=O)N(C)CC1CC(N)C1. The van der Waals surface area contributed by atoms with E-state index in [1.54, 1.807) is 11.9 Å². The van der Waals surface area contributed by atoms with Gasteiger partial charge in [0.25, 0.3) is 0 Å². The molecule has 1 rings (SSSR count). The Bertz CT molecular complexity index is 166. The first kappa shape index (κ1) is 9.32. The van der Waals surface area contributed by atoms with Crippen molar-refractivity contribution in [2.45, 2.75) is 18.9 Å². The fourth-order valence-corrected chi connectivity index (χ4v) is 1.55. The van der Waals surface area contributed by atoms with Crippen LogP contribution in [0.3, 0.4) is 0 Å². The van der Waals surface area contributed by atoms with Crippen LogP contribution in [0.15, 0.2) is 0 Å². The van der Waals surface area contributed by atoms with Gasteiger partial charge in [0.05, 0.1) is 7.11 Å². The molecular weight excluding hydrogens is 156 g/mol. The summed E-state index contributed by atoms with van der Waals surface area (Å²) in [6, 6.07) is 0.348. The zero-order valence-corrected chi connectivity index (χ0v) is 7.62. The molecule has 1 aliphatic carbocycles. The summed E-state index contributed by atoms with van der Waals surface area (Å²) in [6.45, 7) is 0.764. The summed E-state index contributed by atoms with van der Waals surface area (Å²) in [7, 11) is 3.14. The Balaban J connectivity index is 2.18. The van der Waals surface area contributed by atoms with Crippen LogP contribution < -0.4 is 5.73 Å². The topological polar surface area (TPSA) is 55.6 Å². The number of rotatable bonds is 2. The smallest absolute Gasteiger partial charge is 0.409 e. The molecular formula is C8H16N2O2. The van der Waals surface area contributed by atoms with Crippen LogP contribution >= 0.6 is 0 Å². The first-order valence-corrected chi connectivity index (χ1v) is 4.18. The lowest BCUT2D eigenvalue weighted by Crippen LogP contribution is -2.43. The molecule has 70 valence electrons. The van der Waals surface area contributed by atoms with Crippen molar-refractivity contribution in [1.82, 2.24) is 4.90 Å². The standard InChI is InChI=1S/C8H16N2O2/c1-10(8(11)12-2)5-6-3-7(9)4-6/h6-7H,3-5,9H2,1-2H3. The molecule has 0 saturated heterocycles. The Morgan fingerprint density at radius 1 is 1.67 bits per heavy atom. The molecule has 1 aliphatic rings. The number of nitrogens with two attached hydrogens (primary N) is 1. The van der Waals surface area contributed by atoms with Crippen molar-refractivity contribution in [2.24, 2.45) is 11.7 Å². The van der Waals surface area contributed by atoms with Gasteiger partial charge in [-0.1, -0.05) is 0 Å². The number of carbonyl (C=O) groups excluding carboxylic acids is 1. The van der Waals surface area contributed by atoms with Gasteiger partial charge in [0.1, 0.15) is 0 Å². The van der Waals surface area contributed by atoms with Gasteiger partial charge in [-0.2, -0.15) is 0 Å². The molecule has 2 N–H and O–H groups in total. The summed E-state index contributed by atoms with van der Waals surface area (Å²) in [6.07, 6.45) is 1.79. The Kier molecular flexibility index (Phi) is 2.92. The van der Waals surface area contributed by atoms with Crippen molar-refractivity contribution in [3.05, 3.63) is 0 Å². The summed E-state index contributed by atoms with van der Waals surface area (Å²) in [5, 5.41) is 0. The third-order valence-corrected chi connectivity index (χ3v) is 2.29. The van der Waals surface area contributed by atoms with E-state index in [-0.39, 0.29) is 6.09 Å². The molecule has 0 aromatic carbocycles. The van der Waals surface area contributed by atoms with Gasteiger partial charge in [0, 0.05) is 19.6 Å². The highest BCUT2D eigenvalue weighted by molar-refractivity contribution is 5.66. The molecule has 0 atom stereocenters. The van der Waals surface area contributed by atoms with Gasteiger partial charge in [0.15, 0.2) is 0 Å². The largest absolute Gasteiger partial charge is 0.453 e. The zero-order chi connectivity index (χ0) is 9.14. The average Bonchev–Trinajstić information content (AvgIpc) is 2.00. The van der Waals surface area contributed by atoms with Crippen LogP contribution in [0.5, 0.6) is 0 Å². The van der Waals surface area contributed by atoms with Crippen molar-refractivity contribution in [1.29, 1.82) is 0 Å². The van der Waals surface area contributed by atoms with Gasteiger partial charge >= 0.3 is 6.09 Å². The third-order valence-electron chi connectivity index (χ3n) is 2.29. The maximum absolute atomic E-state index is 10.9. The van der Waals surface area contributed by atoms with E-state index in [2.05, 4.69) is 4.74 Å². The van der Waals surface area contributed by atoms with Crippen molar-refractivity contribution >= 4 is 6.09 Å². The maximum atomic E-state index is 10.9. The molecule has 12 heavy (non-hydrogen) atoms. The molecule has 4 nitrogen and oxygen atoms in total. The molecule has 0 aromatic heterocycles. The van der Waals surface area contributed by atoms with E-state index in [9.17, 15) is 4.79 Å². The number of carbonyl (C=O) groups is 1. The molecule has 1 amide bonds. The first-order chi connectivity index (χ1) is 5.63. The lowest BCUT2D eigenvalue weighted by Gasteiger charge is -2.34. The predicted octanol–water partition coefficient (Wildman–Crippen LogP) is 0.422. The van der Waals surface area contributed by atoms with Crippen LogP contribution in [0.1, 0.15) is 12.8 Å². The molecule has 0 aromatic rings. The Hall–Kier alpha value is -0.770. The summed E-state index contributed by atoms with van der Waals surface area (Å²) in [4.78, 5) is 12.5. The lowest BCUT2D eigenvalue weighted by atomic mass is 9.81. The number of amides is 1. The molecule has 0 radical (unpaired) electrons. The predicted molar refractivity (Wildman–Crippen MR) is 45.7 cm³/mol. The monoisotopic (exact) mass is 172 g/mol. The van der Waals surface area contributed by atoms with E-state index in [1.165, 1.54) is 7.11 Å². The highest BCUT2D eigenvalue weighted by Gasteiger charge is 2.27. The molecule has 1 fully saturated rings. The summed E-state index contributed by atoms with van der Waals surface area (Å²) in [5.41, 5.74) is 5.62. The van der Waals surface area contributed by atoms with E-state index >= 15 is 0 Å². The Morgan fingerprint density at radius 3 is 2.67 bits per heavy atom. The summed E-state index contributed by atoms with van der Waals surface area (Å²) >= 11 is 0. The van der Waals surface area contributed by atoms with E-state index in [0.29, 0.717) is 12.0 Å². The Morgan fingerprint density at radius 2 is 2.25 bits per heavy atom. The van der Waals surface area contributed by atoms with Crippen LogP contribution in [-0.2, 0) is 4.74 Å². The van der Waals surface area contributed by atoms with E-state index in [0.717, 1.165) is 19.4 Å². The maximum Gasteiger partial charge on any atom is 0.409 e. The number of ether oxygens (including phenoxy) is 1. The summed E-state index contributed by atoms with van der Waals surface area (Å²) in [5.74, 6) is 0.573. The molecule has 0 spiro atoms. The minimum atomic E-state index is -0.268. The molecule has 0 aliphatic heterocycles. The third kappa shape index (κ3) is 2.11. The number of methoxy groups -OCH3 is 1. The molecule has 0 bridgehead atoms. The van der Waals surface area contributed by atoms with Gasteiger partial charge in [0.2, 0.25) is 0 Å². The van der Waals surface area contributed by atoms with Crippen molar-refractivity contribution < 1.29 is 9.53 Å². The summed E-state index contributed by atoms with van der Waals surface area (Å²) < 4.78 is 4.56. The first-order valence-electron chi connectivity index (χ1n) is 4.18. The fourth-order valence-electron chi connectivity index (χ4n) is 1.55. The minimum Gasteiger partial charge on any atom is -0.453 e. The Labute approximate surface area is 72.7 Å². The minimum absolute atomic E-state index is 0.268. The quantitative estimate of drug-likeness (QED) is 0.656. The van der Waals surface area contributed by atoms with E-state index in [1.807, 2.05) is 0 Å². The van der Waals surface area contributed by atoms with Crippen LogP contribution in [0.2, 0.25) is 0 Å². The van der Waals surface area contributed by atoms with Crippen LogP contribution in [0.4, 0.5) is 4.79 Å². The number of hydrogen-bond donors (Lipinski definition) is 1. The molecule has 0 unspecified atom stereocenters. The van der Waals surface area contributed by atoms with Crippen LogP contribution in [-0.4, -0.2) is 37.7 Å². The van der Waals surface area contributed by atoms with E-state index < -0.39 is 0 Å². The normalized spacial score (nSPS) is 27.6. The molecule has 0 heterocycles. The van der Waals surface area contributed by atoms with Gasteiger partial charge in [-0.05, 0) is 18.8 Å². The van der Waals surface area contributed by atoms with Gasteiger partial charge in [-0.3, -0.25) is 0 Å². The second-order valence-corrected chi connectivity index (χ2v) is 3.45. The zero-order valence-electron chi connectivity index (χ0n) is 7.62. The second kappa shape index (κ2) is 3.76. The average molecular weight is 172 g/mol. The van der Waals surface area contributed by atoms with E-state index in [4.69, 9.17) is 5.73 Å². The molecule has 1 saturated carbocycles. The van der Waals surface area contributed by atoms with Crippen molar-refractivity contribution in [2.75, 3.05) is 20.7 Å². The van der Waals surface area contributed by atoms with Crippen LogP contribution in [0, 0.1) is 5.92 Å². The van der Waals surface area contributed by atoms with Crippen LogP contribution in [0.25, 0.3) is 0 Å². The second-order valence-electron chi connectivity index (χ2n) is 3.45. The highest BCUT2D eigenvalue weighted by atomic mass is 16.5. The van der Waals surface area contributed by atoms with Gasteiger partial charge < -0.3 is 15.4 Å². The van der Waals surface area contributed by atoms with Crippen molar-refractivity contribution in [3.63, 3.8) is 0 Å². The van der Waals surface area contributed by atoms with Gasteiger partial charge in [-0.25, -0.2) is 4.79 Å².